The van der Waals surface area contributed by atoms with Gasteiger partial charge in [-0.25, -0.2) is 0 Å². The van der Waals surface area contributed by atoms with Crippen molar-refractivity contribution < 1.29 is 4.52 Å². The Hall–Kier alpha value is -0.900. The van der Waals surface area contributed by atoms with Gasteiger partial charge in [0.1, 0.15) is 0 Å². The molecule has 0 bridgehead atoms. The largest absolute Gasteiger partial charge is 0.337 e. The predicted molar refractivity (Wildman–Crippen MR) is 64.4 cm³/mol. The van der Waals surface area contributed by atoms with Gasteiger partial charge in [0.2, 0.25) is 5.89 Å². The summed E-state index contributed by atoms with van der Waals surface area (Å²) in [6, 6.07) is 0. The Balaban J connectivity index is 1.73. The van der Waals surface area contributed by atoms with Gasteiger partial charge in [0, 0.05) is 5.92 Å². The van der Waals surface area contributed by atoms with Crippen LogP contribution >= 0.6 is 0 Å². The molecule has 4 nitrogen and oxygen atoms in total. The van der Waals surface area contributed by atoms with Crippen molar-refractivity contribution in [1.82, 2.24) is 10.1 Å². The second-order valence-corrected chi connectivity index (χ2v) is 5.74. The van der Waals surface area contributed by atoms with Crippen molar-refractivity contribution >= 4 is 0 Å². The van der Waals surface area contributed by atoms with E-state index in [0.717, 1.165) is 24.6 Å². The third kappa shape index (κ3) is 2.10. The van der Waals surface area contributed by atoms with Crippen molar-refractivity contribution in [3.8, 4) is 0 Å². The molecule has 0 aliphatic heterocycles. The quantitative estimate of drug-likeness (QED) is 0.874. The summed E-state index contributed by atoms with van der Waals surface area (Å²) in [6.45, 7) is 2.26. The van der Waals surface area contributed by atoms with E-state index in [4.69, 9.17) is 10.3 Å². The average Bonchev–Trinajstić information content (AvgIpc) is 3.08. The summed E-state index contributed by atoms with van der Waals surface area (Å²) in [5.41, 5.74) is 6.08. The van der Waals surface area contributed by atoms with Crippen LogP contribution in [0.25, 0.3) is 0 Å². The molecule has 94 valence electrons. The van der Waals surface area contributed by atoms with Crippen LogP contribution in [-0.2, 0) is 5.54 Å². The van der Waals surface area contributed by atoms with E-state index in [1.807, 2.05) is 0 Å². The van der Waals surface area contributed by atoms with Crippen molar-refractivity contribution in [2.75, 3.05) is 0 Å². The van der Waals surface area contributed by atoms with Gasteiger partial charge in [0.15, 0.2) is 5.82 Å². The second kappa shape index (κ2) is 4.09. The highest BCUT2D eigenvalue weighted by atomic mass is 16.5. The lowest BCUT2D eigenvalue weighted by molar-refractivity contribution is 0.181. The minimum Gasteiger partial charge on any atom is -0.337 e. The molecule has 0 amide bonds. The van der Waals surface area contributed by atoms with Crippen LogP contribution in [0.5, 0.6) is 0 Å². The Bertz CT molecular complexity index is 389. The average molecular weight is 235 g/mol. The molecule has 3 rings (SSSR count). The number of nitrogens with two attached hydrogens (primary N) is 1. The number of hydrogen-bond acceptors (Lipinski definition) is 4. The molecule has 0 spiro atoms. The molecule has 1 aromatic heterocycles. The molecule has 0 radical (unpaired) electrons. The topological polar surface area (TPSA) is 64.9 Å². The van der Waals surface area contributed by atoms with Gasteiger partial charge in [-0.1, -0.05) is 18.5 Å². The van der Waals surface area contributed by atoms with Crippen molar-refractivity contribution in [3.05, 3.63) is 11.7 Å². The summed E-state index contributed by atoms with van der Waals surface area (Å²) in [5, 5.41) is 4.07. The van der Waals surface area contributed by atoms with Crippen LogP contribution in [0.1, 0.15) is 69.5 Å². The van der Waals surface area contributed by atoms with E-state index < -0.39 is 0 Å². The van der Waals surface area contributed by atoms with Crippen molar-refractivity contribution in [2.24, 2.45) is 11.7 Å². The van der Waals surface area contributed by atoms with Gasteiger partial charge < -0.3 is 10.3 Å². The van der Waals surface area contributed by atoms with Gasteiger partial charge in [-0.2, -0.15) is 4.98 Å². The molecule has 2 fully saturated rings. The highest BCUT2D eigenvalue weighted by Crippen LogP contribution is 2.41. The molecule has 4 heteroatoms. The van der Waals surface area contributed by atoms with Gasteiger partial charge in [0.05, 0.1) is 5.54 Å². The molecular weight excluding hydrogens is 214 g/mol. The summed E-state index contributed by atoms with van der Waals surface area (Å²) in [4.78, 5) is 4.52. The second-order valence-electron chi connectivity index (χ2n) is 5.74. The smallest absolute Gasteiger partial charge is 0.246 e. The molecule has 2 N–H and O–H groups in total. The molecule has 1 heterocycles. The molecule has 0 unspecified atom stereocenters. The molecule has 2 aliphatic rings. The molecule has 2 saturated carbocycles. The Labute approximate surface area is 102 Å². The Morgan fingerprint density at radius 1 is 1.29 bits per heavy atom. The first-order valence-electron chi connectivity index (χ1n) is 6.84. The lowest BCUT2D eigenvalue weighted by atomic mass is 9.76. The first-order chi connectivity index (χ1) is 8.21. The van der Waals surface area contributed by atoms with E-state index in [0.29, 0.717) is 11.8 Å². The van der Waals surface area contributed by atoms with Crippen LogP contribution in [0.4, 0.5) is 0 Å². The maximum Gasteiger partial charge on any atom is 0.246 e. The molecule has 0 atom stereocenters. The third-order valence-electron chi connectivity index (χ3n) is 4.38. The van der Waals surface area contributed by atoms with E-state index in [9.17, 15) is 0 Å². The third-order valence-corrected chi connectivity index (χ3v) is 4.38. The maximum atomic E-state index is 6.43. The number of hydrogen-bond donors (Lipinski definition) is 1. The standard InChI is InChI=1S/C13H21N3O/c1-2-9-5-7-13(14,8-6-9)12-15-11(16-17-12)10-3-4-10/h9-10H,2-8,14H2,1H3. The fourth-order valence-electron chi connectivity index (χ4n) is 2.76. The van der Waals surface area contributed by atoms with E-state index in [1.165, 1.54) is 32.1 Å². The van der Waals surface area contributed by atoms with Gasteiger partial charge in [-0.15, -0.1) is 0 Å². The zero-order chi connectivity index (χ0) is 11.9. The van der Waals surface area contributed by atoms with Crippen LogP contribution in [0.2, 0.25) is 0 Å². The van der Waals surface area contributed by atoms with Crippen molar-refractivity contribution in [1.29, 1.82) is 0 Å². The lowest BCUT2D eigenvalue weighted by Gasteiger charge is -2.33. The number of aromatic nitrogens is 2. The van der Waals surface area contributed by atoms with Crippen molar-refractivity contribution in [2.45, 2.75) is 63.3 Å². The van der Waals surface area contributed by atoms with E-state index in [1.54, 1.807) is 0 Å². The van der Waals surface area contributed by atoms with Gasteiger partial charge in [-0.3, -0.25) is 0 Å². The Morgan fingerprint density at radius 3 is 2.59 bits per heavy atom. The van der Waals surface area contributed by atoms with Gasteiger partial charge >= 0.3 is 0 Å². The SMILES string of the molecule is CCC1CCC(N)(c2nc(C3CC3)no2)CC1. The normalized spacial score (nSPS) is 33.9. The summed E-state index contributed by atoms with van der Waals surface area (Å²) in [5.74, 6) is 2.93. The first kappa shape index (κ1) is 11.2. The zero-order valence-corrected chi connectivity index (χ0v) is 10.5. The summed E-state index contributed by atoms with van der Waals surface area (Å²) in [7, 11) is 0. The van der Waals surface area contributed by atoms with Crippen LogP contribution in [0.15, 0.2) is 4.52 Å². The van der Waals surface area contributed by atoms with E-state index in [2.05, 4.69) is 17.1 Å². The number of nitrogens with zero attached hydrogens (tertiary/aromatic N) is 2. The lowest BCUT2D eigenvalue weighted by Crippen LogP contribution is -2.40. The minimum atomic E-state index is -0.355. The molecular formula is C13H21N3O. The molecule has 1 aromatic rings. The maximum absolute atomic E-state index is 6.43. The van der Waals surface area contributed by atoms with Crippen LogP contribution in [0.3, 0.4) is 0 Å². The predicted octanol–water partition coefficient (Wildman–Crippen LogP) is 2.70. The molecule has 17 heavy (non-hydrogen) atoms. The Morgan fingerprint density at radius 2 is 2.00 bits per heavy atom. The fourth-order valence-corrected chi connectivity index (χ4v) is 2.76. The summed E-state index contributed by atoms with van der Waals surface area (Å²) in [6.07, 6.45) is 8.01. The Kier molecular flexibility index (Phi) is 2.69. The van der Waals surface area contributed by atoms with Crippen LogP contribution in [-0.4, -0.2) is 10.1 Å². The zero-order valence-electron chi connectivity index (χ0n) is 10.5. The first-order valence-corrected chi connectivity index (χ1v) is 6.84. The van der Waals surface area contributed by atoms with Crippen LogP contribution < -0.4 is 5.73 Å². The van der Waals surface area contributed by atoms with Crippen molar-refractivity contribution in [3.63, 3.8) is 0 Å². The summed E-state index contributed by atoms with van der Waals surface area (Å²) >= 11 is 0. The monoisotopic (exact) mass is 235 g/mol. The highest BCUT2D eigenvalue weighted by Gasteiger charge is 2.39. The van der Waals surface area contributed by atoms with Crippen LogP contribution in [0, 0.1) is 5.92 Å². The van der Waals surface area contributed by atoms with E-state index in [-0.39, 0.29) is 5.54 Å². The minimum absolute atomic E-state index is 0.355. The molecule has 0 aromatic carbocycles. The highest BCUT2D eigenvalue weighted by molar-refractivity contribution is 5.09. The van der Waals surface area contributed by atoms with Gasteiger partial charge in [0.25, 0.3) is 0 Å². The van der Waals surface area contributed by atoms with E-state index >= 15 is 0 Å². The molecule has 0 saturated heterocycles. The molecule has 2 aliphatic carbocycles. The van der Waals surface area contributed by atoms with Gasteiger partial charge in [-0.05, 0) is 44.4 Å². The summed E-state index contributed by atoms with van der Waals surface area (Å²) < 4.78 is 5.39. The number of rotatable bonds is 3. The fraction of sp³-hybridized carbons (Fsp3) is 0.846.